The Morgan fingerprint density at radius 1 is 1.15 bits per heavy atom. The van der Waals surface area contributed by atoms with Crippen LogP contribution >= 0.6 is 0 Å². The van der Waals surface area contributed by atoms with Gasteiger partial charge < -0.3 is 10.8 Å². The summed E-state index contributed by atoms with van der Waals surface area (Å²) in [7, 11) is 0. The molecule has 0 unspecified atom stereocenters. The van der Waals surface area contributed by atoms with E-state index in [1.54, 1.807) is 0 Å². The first-order chi connectivity index (χ1) is 6.29. The summed E-state index contributed by atoms with van der Waals surface area (Å²) >= 11 is 0. The van der Waals surface area contributed by atoms with E-state index in [0.717, 1.165) is 11.8 Å². The molecule has 2 fully saturated rings. The SMILES string of the molecule is NCC1(CO)CC(C2CCCC2)C1. The fraction of sp³-hybridized carbons (Fsp3) is 1.00. The molecule has 0 amide bonds. The van der Waals surface area contributed by atoms with Crippen molar-refractivity contribution in [3.63, 3.8) is 0 Å². The number of hydrogen-bond donors (Lipinski definition) is 2. The van der Waals surface area contributed by atoms with Crippen LogP contribution in [0.2, 0.25) is 0 Å². The van der Waals surface area contributed by atoms with Gasteiger partial charge in [-0.05, 0) is 24.7 Å². The van der Waals surface area contributed by atoms with E-state index in [4.69, 9.17) is 5.73 Å². The molecule has 0 radical (unpaired) electrons. The maximum absolute atomic E-state index is 9.22. The number of aliphatic hydroxyl groups is 1. The maximum atomic E-state index is 9.22. The van der Waals surface area contributed by atoms with Gasteiger partial charge >= 0.3 is 0 Å². The predicted molar refractivity (Wildman–Crippen MR) is 53.3 cm³/mol. The van der Waals surface area contributed by atoms with Gasteiger partial charge in [0.25, 0.3) is 0 Å². The molecule has 0 spiro atoms. The third-order valence-corrected chi connectivity index (χ3v) is 4.23. The van der Waals surface area contributed by atoms with Crippen LogP contribution in [0.3, 0.4) is 0 Å². The maximum Gasteiger partial charge on any atom is 0.0499 e. The average Bonchev–Trinajstić information content (AvgIpc) is 2.57. The summed E-state index contributed by atoms with van der Waals surface area (Å²) in [5.41, 5.74) is 5.80. The number of rotatable bonds is 3. The third-order valence-electron chi connectivity index (χ3n) is 4.23. The van der Waals surface area contributed by atoms with Gasteiger partial charge in [-0.15, -0.1) is 0 Å². The summed E-state index contributed by atoms with van der Waals surface area (Å²) < 4.78 is 0. The van der Waals surface area contributed by atoms with E-state index in [-0.39, 0.29) is 5.41 Å². The molecule has 0 aromatic heterocycles. The van der Waals surface area contributed by atoms with Crippen LogP contribution in [0.1, 0.15) is 38.5 Å². The lowest BCUT2D eigenvalue weighted by Gasteiger charge is -2.48. The van der Waals surface area contributed by atoms with Crippen molar-refractivity contribution in [3.05, 3.63) is 0 Å². The van der Waals surface area contributed by atoms with E-state index in [2.05, 4.69) is 0 Å². The molecule has 2 nitrogen and oxygen atoms in total. The van der Waals surface area contributed by atoms with Crippen molar-refractivity contribution >= 4 is 0 Å². The molecule has 0 saturated heterocycles. The Hall–Kier alpha value is -0.0800. The van der Waals surface area contributed by atoms with Gasteiger partial charge in [0.1, 0.15) is 0 Å². The van der Waals surface area contributed by atoms with Gasteiger partial charge in [0.15, 0.2) is 0 Å². The van der Waals surface area contributed by atoms with Crippen molar-refractivity contribution in [1.82, 2.24) is 0 Å². The minimum Gasteiger partial charge on any atom is -0.396 e. The van der Waals surface area contributed by atoms with Crippen molar-refractivity contribution in [1.29, 1.82) is 0 Å². The molecule has 0 aromatic carbocycles. The Labute approximate surface area is 80.5 Å². The zero-order valence-corrected chi connectivity index (χ0v) is 8.34. The van der Waals surface area contributed by atoms with Crippen LogP contribution in [0, 0.1) is 17.3 Å². The van der Waals surface area contributed by atoms with E-state index in [1.165, 1.54) is 38.5 Å². The van der Waals surface area contributed by atoms with E-state index in [9.17, 15) is 5.11 Å². The molecule has 2 heteroatoms. The Kier molecular flexibility index (Phi) is 2.61. The minimum atomic E-state index is 0.118. The van der Waals surface area contributed by atoms with Crippen LogP contribution in [-0.4, -0.2) is 18.3 Å². The smallest absolute Gasteiger partial charge is 0.0499 e. The molecule has 2 aliphatic carbocycles. The number of nitrogens with two attached hydrogens (primary N) is 1. The molecule has 0 atom stereocenters. The summed E-state index contributed by atoms with van der Waals surface area (Å²) in [5, 5.41) is 9.22. The lowest BCUT2D eigenvalue weighted by Crippen LogP contribution is -2.47. The molecule has 2 aliphatic rings. The first-order valence-electron chi connectivity index (χ1n) is 5.61. The van der Waals surface area contributed by atoms with Crippen LogP contribution in [0.4, 0.5) is 0 Å². The number of hydrogen-bond acceptors (Lipinski definition) is 2. The molecular weight excluding hydrogens is 162 g/mol. The molecule has 2 rings (SSSR count). The zero-order chi connectivity index (χ0) is 9.31. The van der Waals surface area contributed by atoms with Crippen LogP contribution in [0.5, 0.6) is 0 Å². The number of aliphatic hydroxyl groups excluding tert-OH is 1. The van der Waals surface area contributed by atoms with Gasteiger partial charge in [-0.3, -0.25) is 0 Å². The van der Waals surface area contributed by atoms with Crippen molar-refractivity contribution in [2.24, 2.45) is 23.0 Å². The molecule has 0 bridgehead atoms. The van der Waals surface area contributed by atoms with E-state index in [1.807, 2.05) is 0 Å². The van der Waals surface area contributed by atoms with Gasteiger partial charge in [-0.25, -0.2) is 0 Å². The largest absolute Gasteiger partial charge is 0.396 e. The van der Waals surface area contributed by atoms with E-state index >= 15 is 0 Å². The van der Waals surface area contributed by atoms with Crippen LogP contribution in [-0.2, 0) is 0 Å². The van der Waals surface area contributed by atoms with Crippen molar-refractivity contribution < 1.29 is 5.11 Å². The Morgan fingerprint density at radius 2 is 1.77 bits per heavy atom. The average molecular weight is 183 g/mol. The van der Waals surface area contributed by atoms with Gasteiger partial charge in [-0.2, -0.15) is 0 Å². The van der Waals surface area contributed by atoms with Gasteiger partial charge in [0.2, 0.25) is 0 Å². The highest BCUT2D eigenvalue weighted by Crippen LogP contribution is 2.51. The molecule has 0 aliphatic heterocycles. The highest BCUT2D eigenvalue weighted by Gasteiger charge is 2.45. The first kappa shape index (κ1) is 9.47. The highest BCUT2D eigenvalue weighted by molar-refractivity contribution is 4.97. The quantitative estimate of drug-likeness (QED) is 0.697. The first-order valence-corrected chi connectivity index (χ1v) is 5.61. The topological polar surface area (TPSA) is 46.2 Å². The fourth-order valence-corrected chi connectivity index (χ4v) is 3.18. The van der Waals surface area contributed by atoms with Crippen LogP contribution in [0.15, 0.2) is 0 Å². The lowest BCUT2D eigenvalue weighted by molar-refractivity contribution is -0.0222. The Balaban J connectivity index is 1.82. The molecule has 2 saturated carbocycles. The van der Waals surface area contributed by atoms with Crippen LogP contribution < -0.4 is 5.73 Å². The Morgan fingerprint density at radius 3 is 2.23 bits per heavy atom. The molecular formula is C11H21NO. The van der Waals surface area contributed by atoms with Gasteiger partial charge in [0.05, 0.1) is 0 Å². The second kappa shape index (κ2) is 3.58. The van der Waals surface area contributed by atoms with Crippen LogP contribution in [0.25, 0.3) is 0 Å². The summed E-state index contributed by atoms with van der Waals surface area (Å²) in [4.78, 5) is 0. The van der Waals surface area contributed by atoms with Crippen molar-refractivity contribution in [2.75, 3.05) is 13.2 Å². The second-order valence-corrected chi connectivity index (χ2v) is 5.08. The summed E-state index contributed by atoms with van der Waals surface area (Å²) in [5.74, 6) is 1.85. The lowest BCUT2D eigenvalue weighted by atomic mass is 9.58. The van der Waals surface area contributed by atoms with Gasteiger partial charge in [0, 0.05) is 18.6 Å². The van der Waals surface area contributed by atoms with Crippen molar-refractivity contribution in [3.8, 4) is 0 Å². The molecule has 3 N–H and O–H groups in total. The summed E-state index contributed by atoms with van der Waals surface area (Å²) in [6.07, 6.45) is 8.08. The normalized spacial score (nSPS) is 40.6. The standard InChI is InChI=1S/C11H21NO/c12-7-11(8-13)5-10(6-11)9-3-1-2-4-9/h9-10,13H,1-8,12H2. The molecule has 0 heterocycles. The molecule has 0 aromatic rings. The van der Waals surface area contributed by atoms with E-state index < -0.39 is 0 Å². The summed E-state index contributed by atoms with van der Waals surface area (Å²) in [6, 6.07) is 0. The zero-order valence-electron chi connectivity index (χ0n) is 8.34. The minimum absolute atomic E-state index is 0.118. The second-order valence-electron chi connectivity index (χ2n) is 5.08. The molecule has 76 valence electrons. The van der Waals surface area contributed by atoms with Gasteiger partial charge in [-0.1, -0.05) is 25.7 Å². The van der Waals surface area contributed by atoms with Crippen molar-refractivity contribution in [2.45, 2.75) is 38.5 Å². The molecule has 13 heavy (non-hydrogen) atoms. The predicted octanol–water partition coefficient (Wildman–Crippen LogP) is 1.52. The Bertz CT molecular complexity index is 163. The van der Waals surface area contributed by atoms with E-state index in [0.29, 0.717) is 13.2 Å². The highest BCUT2D eigenvalue weighted by atomic mass is 16.3. The summed E-state index contributed by atoms with van der Waals surface area (Å²) in [6.45, 7) is 0.972. The monoisotopic (exact) mass is 183 g/mol. The fourth-order valence-electron chi connectivity index (χ4n) is 3.18. The third kappa shape index (κ3) is 1.62.